The SMILES string of the molecule is O=C1CCCCc2ccc(OC3OC(CO)C(O)C(O)C3O)c(c2)Oc2ccc(cc2)CC1. The number of ether oxygens (including phenoxy) is 3. The van der Waals surface area contributed by atoms with E-state index in [4.69, 9.17) is 14.2 Å². The van der Waals surface area contributed by atoms with E-state index in [1.54, 1.807) is 6.07 Å². The second-order valence-corrected chi connectivity index (χ2v) is 8.59. The Kier molecular flexibility index (Phi) is 7.62. The third-order valence-electron chi connectivity index (χ3n) is 6.11. The van der Waals surface area contributed by atoms with Gasteiger partial charge in [0.1, 0.15) is 35.9 Å². The number of carbonyl (C=O) groups excluding carboxylic acids is 1. The van der Waals surface area contributed by atoms with E-state index >= 15 is 0 Å². The average molecular weight is 459 g/mol. The Bertz CT molecular complexity index is 942. The summed E-state index contributed by atoms with van der Waals surface area (Å²) in [5, 5.41) is 39.8. The molecule has 4 N–H and O–H groups in total. The van der Waals surface area contributed by atoms with Gasteiger partial charge in [0.15, 0.2) is 11.5 Å². The van der Waals surface area contributed by atoms with Crippen molar-refractivity contribution in [3.8, 4) is 17.2 Å². The highest BCUT2D eigenvalue weighted by molar-refractivity contribution is 5.78. The highest BCUT2D eigenvalue weighted by Crippen LogP contribution is 2.36. The zero-order valence-electron chi connectivity index (χ0n) is 18.3. The molecule has 5 rings (SSSR count). The fraction of sp³-hybridized carbons (Fsp3) is 0.480. The molecular weight excluding hydrogens is 428 g/mol. The van der Waals surface area contributed by atoms with Crippen LogP contribution in [-0.4, -0.2) is 63.5 Å². The van der Waals surface area contributed by atoms with E-state index in [2.05, 4.69) is 0 Å². The van der Waals surface area contributed by atoms with Gasteiger partial charge >= 0.3 is 0 Å². The number of ketones is 1. The van der Waals surface area contributed by atoms with E-state index in [0.29, 0.717) is 30.8 Å². The highest BCUT2D eigenvalue weighted by atomic mass is 16.7. The molecule has 0 aliphatic carbocycles. The standard InChI is InChI=1S/C25H30O8/c26-14-21-22(28)23(29)24(30)25(33-21)32-19-12-8-16-3-1-2-4-17(27)9-5-15-6-10-18(11-7-15)31-20(19)13-16/h6-8,10-13,21-26,28-30H,1-5,9,14H2. The number of rotatable bonds is 3. The number of aryl methyl sites for hydroxylation is 2. The van der Waals surface area contributed by atoms with Crippen LogP contribution in [0.25, 0.3) is 0 Å². The lowest BCUT2D eigenvalue weighted by molar-refractivity contribution is -0.277. The van der Waals surface area contributed by atoms with Gasteiger partial charge in [-0.25, -0.2) is 0 Å². The van der Waals surface area contributed by atoms with Gasteiger partial charge in [-0.3, -0.25) is 4.79 Å². The van der Waals surface area contributed by atoms with Crippen molar-refractivity contribution in [3.63, 3.8) is 0 Å². The summed E-state index contributed by atoms with van der Waals surface area (Å²) in [4.78, 5) is 12.1. The molecule has 3 aliphatic heterocycles. The van der Waals surface area contributed by atoms with E-state index < -0.39 is 37.3 Å². The third kappa shape index (κ3) is 5.72. The molecule has 5 atom stereocenters. The molecule has 8 heteroatoms. The van der Waals surface area contributed by atoms with Crippen molar-refractivity contribution >= 4 is 5.78 Å². The molecule has 8 nitrogen and oxygen atoms in total. The van der Waals surface area contributed by atoms with Gasteiger partial charge in [0.25, 0.3) is 0 Å². The molecule has 1 saturated heterocycles. The first kappa shape index (κ1) is 23.7. The second-order valence-electron chi connectivity index (χ2n) is 8.59. The third-order valence-corrected chi connectivity index (χ3v) is 6.11. The van der Waals surface area contributed by atoms with Gasteiger partial charge in [0, 0.05) is 12.8 Å². The molecule has 0 aromatic heterocycles. The van der Waals surface area contributed by atoms with Gasteiger partial charge in [-0.2, -0.15) is 0 Å². The highest BCUT2D eigenvalue weighted by Gasteiger charge is 2.45. The van der Waals surface area contributed by atoms with E-state index in [0.717, 1.165) is 30.4 Å². The number of benzene rings is 2. The van der Waals surface area contributed by atoms with Crippen molar-refractivity contribution < 1.29 is 39.4 Å². The molecule has 3 aliphatic rings. The predicted molar refractivity (Wildman–Crippen MR) is 118 cm³/mol. The fourth-order valence-corrected chi connectivity index (χ4v) is 4.09. The van der Waals surface area contributed by atoms with Gasteiger partial charge in [-0.15, -0.1) is 0 Å². The average Bonchev–Trinajstić information content (AvgIpc) is 2.83. The van der Waals surface area contributed by atoms with Crippen LogP contribution in [0.3, 0.4) is 0 Å². The van der Waals surface area contributed by atoms with Crippen LogP contribution < -0.4 is 9.47 Å². The molecule has 2 aromatic rings. The Morgan fingerprint density at radius 1 is 0.848 bits per heavy atom. The predicted octanol–water partition coefficient (Wildman–Crippen LogP) is 1.89. The smallest absolute Gasteiger partial charge is 0.229 e. The van der Waals surface area contributed by atoms with E-state index in [1.165, 1.54) is 0 Å². The zero-order valence-corrected chi connectivity index (χ0v) is 18.3. The monoisotopic (exact) mass is 458 g/mol. The molecule has 0 amide bonds. The number of aliphatic hydroxyl groups is 4. The van der Waals surface area contributed by atoms with Crippen molar-refractivity contribution in [2.45, 2.75) is 69.2 Å². The molecular formula is C25H30O8. The Balaban J connectivity index is 1.60. The number of Topliss-reactive ketones (excluding diaryl/α,β-unsaturated/α-hetero) is 1. The molecule has 1 fully saturated rings. The van der Waals surface area contributed by atoms with Crippen LogP contribution >= 0.6 is 0 Å². The zero-order chi connectivity index (χ0) is 23.4. The number of aliphatic hydroxyl groups excluding tert-OH is 4. The summed E-state index contributed by atoms with van der Waals surface area (Å²) in [6.07, 6.45) is -2.65. The Hall–Kier alpha value is -2.49. The summed E-state index contributed by atoms with van der Waals surface area (Å²) in [5.74, 6) is 1.54. The fourth-order valence-electron chi connectivity index (χ4n) is 4.09. The number of hydrogen-bond donors (Lipinski definition) is 4. The maximum absolute atomic E-state index is 12.1. The Morgan fingerprint density at radius 3 is 2.33 bits per heavy atom. The first-order valence-electron chi connectivity index (χ1n) is 11.3. The maximum atomic E-state index is 12.1. The molecule has 0 radical (unpaired) electrons. The molecule has 4 bridgehead atoms. The van der Waals surface area contributed by atoms with Crippen molar-refractivity contribution in [2.75, 3.05) is 6.61 Å². The van der Waals surface area contributed by atoms with E-state index in [1.807, 2.05) is 36.4 Å². The lowest BCUT2D eigenvalue weighted by Crippen LogP contribution is -2.60. The number of hydrogen-bond acceptors (Lipinski definition) is 8. The van der Waals surface area contributed by atoms with Gasteiger partial charge < -0.3 is 34.6 Å². The molecule has 5 unspecified atom stereocenters. The molecule has 178 valence electrons. The van der Waals surface area contributed by atoms with Gasteiger partial charge in [-0.1, -0.05) is 18.2 Å². The molecule has 33 heavy (non-hydrogen) atoms. The first-order chi connectivity index (χ1) is 15.9. The summed E-state index contributed by atoms with van der Waals surface area (Å²) in [6, 6.07) is 12.9. The first-order valence-corrected chi connectivity index (χ1v) is 11.3. The van der Waals surface area contributed by atoms with Crippen LogP contribution in [0.1, 0.15) is 36.8 Å². The van der Waals surface area contributed by atoms with Crippen LogP contribution in [0.5, 0.6) is 17.2 Å². The van der Waals surface area contributed by atoms with Crippen LogP contribution in [-0.2, 0) is 22.4 Å². The van der Waals surface area contributed by atoms with Gasteiger partial charge in [0.2, 0.25) is 6.29 Å². The topological polar surface area (TPSA) is 126 Å². The van der Waals surface area contributed by atoms with Crippen LogP contribution in [0, 0.1) is 0 Å². The minimum absolute atomic E-state index is 0.272. The minimum atomic E-state index is -1.53. The Morgan fingerprint density at radius 2 is 1.58 bits per heavy atom. The number of carbonyl (C=O) groups is 1. The summed E-state index contributed by atoms with van der Waals surface area (Å²) in [5.41, 5.74) is 2.06. The van der Waals surface area contributed by atoms with Crippen LogP contribution in [0.4, 0.5) is 0 Å². The lowest BCUT2D eigenvalue weighted by Gasteiger charge is -2.39. The summed E-state index contributed by atoms with van der Waals surface area (Å²) in [6.45, 7) is -0.540. The lowest BCUT2D eigenvalue weighted by atomic mass is 9.99. The largest absolute Gasteiger partial charge is 0.458 e. The molecule has 0 spiro atoms. The van der Waals surface area contributed by atoms with Crippen LogP contribution in [0.15, 0.2) is 42.5 Å². The second kappa shape index (κ2) is 10.6. The van der Waals surface area contributed by atoms with E-state index in [-0.39, 0.29) is 11.5 Å². The normalized spacial score (nSPS) is 28.5. The number of fused-ring (bicyclic) bond motifs is 8. The van der Waals surface area contributed by atoms with Gasteiger partial charge in [0.05, 0.1) is 6.61 Å². The maximum Gasteiger partial charge on any atom is 0.229 e. The summed E-state index contributed by atoms with van der Waals surface area (Å²) < 4.78 is 17.4. The molecule has 0 saturated carbocycles. The summed E-state index contributed by atoms with van der Waals surface area (Å²) in [7, 11) is 0. The molecule has 2 aromatic carbocycles. The van der Waals surface area contributed by atoms with Crippen molar-refractivity contribution in [3.05, 3.63) is 53.6 Å². The van der Waals surface area contributed by atoms with Crippen molar-refractivity contribution in [1.29, 1.82) is 0 Å². The summed E-state index contributed by atoms with van der Waals surface area (Å²) >= 11 is 0. The Labute approximate surface area is 192 Å². The van der Waals surface area contributed by atoms with E-state index in [9.17, 15) is 25.2 Å². The van der Waals surface area contributed by atoms with Crippen LogP contribution in [0.2, 0.25) is 0 Å². The quantitative estimate of drug-likeness (QED) is 0.550. The van der Waals surface area contributed by atoms with Crippen molar-refractivity contribution in [1.82, 2.24) is 0 Å². The molecule has 3 heterocycles. The van der Waals surface area contributed by atoms with Crippen molar-refractivity contribution in [2.24, 2.45) is 0 Å². The van der Waals surface area contributed by atoms with Gasteiger partial charge in [-0.05, 0) is 61.1 Å². The minimum Gasteiger partial charge on any atom is -0.458 e.